The fourth-order valence-electron chi connectivity index (χ4n) is 2.94. The molecule has 2 aliphatic rings. The normalized spacial score (nSPS) is 25.0. The van der Waals surface area contributed by atoms with E-state index in [2.05, 4.69) is 28.6 Å². The van der Waals surface area contributed by atoms with Crippen molar-refractivity contribution in [3.63, 3.8) is 0 Å². The van der Waals surface area contributed by atoms with E-state index >= 15 is 0 Å². The van der Waals surface area contributed by atoms with Gasteiger partial charge in [0.05, 0.1) is 0 Å². The predicted molar refractivity (Wildman–Crippen MR) is 73.3 cm³/mol. The van der Waals surface area contributed by atoms with E-state index in [1.165, 1.54) is 51.1 Å². The fraction of sp³-hybridized carbons (Fsp3) is 0.857. The van der Waals surface area contributed by atoms with Gasteiger partial charge in [0.25, 0.3) is 0 Å². The molecule has 2 heterocycles. The van der Waals surface area contributed by atoms with Gasteiger partial charge in [0, 0.05) is 32.7 Å². The number of likely N-dealkylation sites (tertiary alicyclic amines) is 1. The van der Waals surface area contributed by atoms with Gasteiger partial charge < -0.3 is 10.2 Å². The smallest absolute Gasteiger partial charge is 0.0194 e. The minimum Gasteiger partial charge on any atom is -0.314 e. The Hall–Kier alpha value is -0.380. The Labute approximate surface area is 106 Å². The van der Waals surface area contributed by atoms with Crippen LogP contribution in [-0.2, 0) is 0 Å². The van der Waals surface area contributed by atoms with E-state index in [0.717, 1.165) is 25.6 Å². The number of nitrogens with zero attached hydrogens (tertiary/aromatic N) is 2. The van der Waals surface area contributed by atoms with Crippen LogP contribution < -0.4 is 5.32 Å². The quantitative estimate of drug-likeness (QED) is 0.741. The number of rotatable bonds is 4. The molecule has 0 radical (unpaired) electrons. The third-order valence-electron chi connectivity index (χ3n) is 4.25. The molecule has 17 heavy (non-hydrogen) atoms. The van der Waals surface area contributed by atoms with Crippen LogP contribution in [0.3, 0.4) is 0 Å². The first-order valence-electron chi connectivity index (χ1n) is 7.12. The van der Waals surface area contributed by atoms with Crippen molar-refractivity contribution < 1.29 is 0 Å². The van der Waals surface area contributed by atoms with Gasteiger partial charge in [-0.2, -0.15) is 0 Å². The van der Waals surface area contributed by atoms with Gasteiger partial charge in [-0.05, 0) is 38.4 Å². The average Bonchev–Trinajstić information content (AvgIpc) is 2.40. The summed E-state index contributed by atoms with van der Waals surface area (Å²) in [5.41, 5.74) is 1.47. The van der Waals surface area contributed by atoms with Crippen LogP contribution in [0, 0.1) is 5.92 Å². The van der Waals surface area contributed by atoms with Crippen LogP contribution in [0.4, 0.5) is 0 Å². The van der Waals surface area contributed by atoms with E-state index in [1.54, 1.807) is 0 Å². The van der Waals surface area contributed by atoms with Gasteiger partial charge in [-0.25, -0.2) is 0 Å². The van der Waals surface area contributed by atoms with Gasteiger partial charge >= 0.3 is 0 Å². The summed E-state index contributed by atoms with van der Waals surface area (Å²) in [6, 6.07) is 0. The minimum absolute atomic E-state index is 0.771. The number of nitrogens with one attached hydrogen (secondary N) is 1. The van der Waals surface area contributed by atoms with Crippen molar-refractivity contribution in [2.45, 2.75) is 19.8 Å². The standard InChI is InChI=1S/C14H27N3/c1-3-16-8-4-14(5-9-16)13(2)12-17-10-6-15-7-11-17/h14-15H,2-12H2,1H3. The molecule has 0 amide bonds. The molecule has 0 spiro atoms. The van der Waals surface area contributed by atoms with Gasteiger partial charge in [-0.1, -0.05) is 19.1 Å². The second-order valence-corrected chi connectivity index (χ2v) is 5.39. The maximum atomic E-state index is 4.34. The third-order valence-corrected chi connectivity index (χ3v) is 4.25. The van der Waals surface area contributed by atoms with Crippen LogP contribution in [0.25, 0.3) is 0 Å². The molecule has 0 aromatic heterocycles. The van der Waals surface area contributed by atoms with E-state index in [0.29, 0.717) is 0 Å². The van der Waals surface area contributed by atoms with Crippen LogP contribution in [-0.4, -0.2) is 62.2 Å². The second-order valence-electron chi connectivity index (χ2n) is 5.39. The molecule has 98 valence electrons. The Balaban J connectivity index is 1.72. The molecule has 0 aromatic carbocycles. The summed E-state index contributed by atoms with van der Waals surface area (Å²) < 4.78 is 0. The Kier molecular flexibility index (Phi) is 5.01. The number of hydrogen-bond donors (Lipinski definition) is 1. The summed E-state index contributed by atoms with van der Waals surface area (Å²) in [6.45, 7) is 16.1. The molecular weight excluding hydrogens is 210 g/mol. The molecular formula is C14H27N3. The Morgan fingerprint density at radius 3 is 2.35 bits per heavy atom. The van der Waals surface area contributed by atoms with E-state index < -0.39 is 0 Å². The number of piperazine rings is 1. The third kappa shape index (κ3) is 3.80. The zero-order valence-electron chi connectivity index (χ0n) is 11.2. The second kappa shape index (κ2) is 6.53. The van der Waals surface area contributed by atoms with Crippen molar-refractivity contribution in [1.29, 1.82) is 0 Å². The molecule has 2 aliphatic heterocycles. The van der Waals surface area contributed by atoms with E-state index in [-0.39, 0.29) is 0 Å². The van der Waals surface area contributed by atoms with Gasteiger partial charge in [0.15, 0.2) is 0 Å². The highest BCUT2D eigenvalue weighted by atomic mass is 15.2. The first-order chi connectivity index (χ1) is 8.29. The maximum Gasteiger partial charge on any atom is 0.0194 e. The van der Waals surface area contributed by atoms with Crippen molar-refractivity contribution in [2.75, 3.05) is 52.4 Å². The molecule has 0 bridgehead atoms. The van der Waals surface area contributed by atoms with Crippen LogP contribution >= 0.6 is 0 Å². The average molecular weight is 237 g/mol. The van der Waals surface area contributed by atoms with E-state index in [1.807, 2.05) is 0 Å². The van der Waals surface area contributed by atoms with Crippen molar-refractivity contribution >= 4 is 0 Å². The van der Waals surface area contributed by atoms with Crippen LogP contribution in [0.15, 0.2) is 12.2 Å². The summed E-state index contributed by atoms with van der Waals surface area (Å²) in [7, 11) is 0. The number of piperidine rings is 1. The minimum atomic E-state index is 0.771. The SMILES string of the molecule is C=C(CN1CCNCC1)C1CCN(CC)CC1. The first kappa shape index (κ1) is 13.1. The molecule has 2 fully saturated rings. The molecule has 2 rings (SSSR count). The van der Waals surface area contributed by atoms with Gasteiger partial charge in [0.1, 0.15) is 0 Å². The van der Waals surface area contributed by atoms with E-state index in [9.17, 15) is 0 Å². The molecule has 1 N–H and O–H groups in total. The molecule has 2 saturated heterocycles. The lowest BCUT2D eigenvalue weighted by molar-refractivity contribution is 0.195. The van der Waals surface area contributed by atoms with Crippen molar-refractivity contribution in [2.24, 2.45) is 5.92 Å². The highest BCUT2D eigenvalue weighted by Crippen LogP contribution is 2.24. The van der Waals surface area contributed by atoms with Gasteiger partial charge in [-0.15, -0.1) is 0 Å². The summed E-state index contributed by atoms with van der Waals surface area (Å²) in [5.74, 6) is 0.771. The molecule has 3 nitrogen and oxygen atoms in total. The molecule has 0 saturated carbocycles. The lowest BCUT2D eigenvalue weighted by Crippen LogP contribution is -2.45. The van der Waals surface area contributed by atoms with Crippen LogP contribution in [0.2, 0.25) is 0 Å². The summed E-state index contributed by atoms with van der Waals surface area (Å²) in [4.78, 5) is 5.10. The molecule has 0 atom stereocenters. The van der Waals surface area contributed by atoms with Crippen molar-refractivity contribution in [3.8, 4) is 0 Å². The zero-order valence-corrected chi connectivity index (χ0v) is 11.2. The number of hydrogen-bond acceptors (Lipinski definition) is 3. The summed E-state index contributed by atoms with van der Waals surface area (Å²) in [6.07, 6.45) is 2.64. The highest BCUT2D eigenvalue weighted by molar-refractivity contribution is 5.05. The molecule has 0 unspecified atom stereocenters. The topological polar surface area (TPSA) is 18.5 Å². The predicted octanol–water partition coefficient (Wildman–Crippen LogP) is 1.18. The molecule has 0 aromatic rings. The first-order valence-corrected chi connectivity index (χ1v) is 7.12. The monoisotopic (exact) mass is 237 g/mol. The van der Waals surface area contributed by atoms with Gasteiger partial charge in [-0.3, -0.25) is 4.90 Å². The van der Waals surface area contributed by atoms with Crippen LogP contribution in [0.5, 0.6) is 0 Å². The lowest BCUT2D eigenvalue weighted by Gasteiger charge is -2.35. The van der Waals surface area contributed by atoms with Crippen molar-refractivity contribution in [1.82, 2.24) is 15.1 Å². The maximum absolute atomic E-state index is 4.34. The lowest BCUT2D eigenvalue weighted by atomic mass is 9.89. The molecule has 3 heteroatoms. The Morgan fingerprint density at radius 2 is 1.76 bits per heavy atom. The summed E-state index contributed by atoms with van der Waals surface area (Å²) >= 11 is 0. The van der Waals surface area contributed by atoms with Crippen LogP contribution in [0.1, 0.15) is 19.8 Å². The van der Waals surface area contributed by atoms with E-state index in [4.69, 9.17) is 0 Å². The Bertz CT molecular complexity index is 238. The fourth-order valence-corrected chi connectivity index (χ4v) is 2.94. The van der Waals surface area contributed by atoms with Crippen molar-refractivity contribution in [3.05, 3.63) is 12.2 Å². The largest absolute Gasteiger partial charge is 0.314 e. The highest BCUT2D eigenvalue weighted by Gasteiger charge is 2.21. The zero-order chi connectivity index (χ0) is 12.1. The summed E-state index contributed by atoms with van der Waals surface area (Å²) in [5, 5.41) is 3.40. The van der Waals surface area contributed by atoms with Gasteiger partial charge in [0.2, 0.25) is 0 Å². The Morgan fingerprint density at radius 1 is 1.12 bits per heavy atom. The molecule has 0 aliphatic carbocycles.